The van der Waals surface area contributed by atoms with Gasteiger partial charge in [0.2, 0.25) is 0 Å². The van der Waals surface area contributed by atoms with Crippen molar-refractivity contribution in [1.82, 2.24) is 0 Å². The van der Waals surface area contributed by atoms with Crippen LogP contribution in [-0.2, 0) is 0 Å². The van der Waals surface area contributed by atoms with E-state index in [2.05, 4.69) is 6.92 Å². The van der Waals surface area contributed by atoms with E-state index in [0.717, 1.165) is 37.7 Å². The second-order valence-electron chi connectivity index (χ2n) is 5.62. The Balaban J connectivity index is 2.00. The van der Waals surface area contributed by atoms with Crippen molar-refractivity contribution < 1.29 is 13.2 Å². The Kier molecular flexibility index (Phi) is 4.89. The predicted molar refractivity (Wildman–Crippen MR) is 70.5 cm³/mol. The van der Waals surface area contributed by atoms with E-state index in [-0.39, 0.29) is 5.92 Å². The Labute approximate surface area is 113 Å². The summed E-state index contributed by atoms with van der Waals surface area (Å²) in [4.78, 5) is 0. The molecule has 0 aromatic heterocycles. The fourth-order valence-electron chi connectivity index (χ4n) is 3.11. The van der Waals surface area contributed by atoms with Crippen molar-refractivity contribution >= 4 is 0 Å². The number of rotatable bonds is 4. The summed E-state index contributed by atoms with van der Waals surface area (Å²) in [5.41, 5.74) is 0.354. The van der Waals surface area contributed by atoms with Gasteiger partial charge in [0.15, 0.2) is 17.5 Å². The Morgan fingerprint density at radius 1 is 1.00 bits per heavy atom. The van der Waals surface area contributed by atoms with Gasteiger partial charge in [-0.1, -0.05) is 32.3 Å². The van der Waals surface area contributed by atoms with Gasteiger partial charge in [0.05, 0.1) is 0 Å². The lowest BCUT2D eigenvalue weighted by Gasteiger charge is -2.29. The molecule has 0 nitrogen and oxygen atoms in total. The van der Waals surface area contributed by atoms with Gasteiger partial charge in [-0.25, -0.2) is 13.2 Å². The minimum atomic E-state index is -1.33. The summed E-state index contributed by atoms with van der Waals surface area (Å²) in [7, 11) is 0. The molecule has 0 spiro atoms. The van der Waals surface area contributed by atoms with E-state index in [1.54, 1.807) is 0 Å². The molecule has 0 aliphatic heterocycles. The summed E-state index contributed by atoms with van der Waals surface area (Å²) < 4.78 is 39.9. The second-order valence-corrected chi connectivity index (χ2v) is 5.62. The zero-order valence-electron chi connectivity index (χ0n) is 11.4. The van der Waals surface area contributed by atoms with Crippen LogP contribution in [0.4, 0.5) is 13.2 Å². The molecule has 0 saturated heterocycles. The molecule has 0 radical (unpaired) electrons. The molecular formula is C16H21F3. The Morgan fingerprint density at radius 2 is 1.68 bits per heavy atom. The van der Waals surface area contributed by atoms with Gasteiger partial charge in [0.1, 0.15) is 0 Å². The quantitative estimate of drug-likeness (QED) is 0.627. The van der Waals surface area contributed by atoms with E-state index in [1.165, 1.54) is 25.3 Å². The first kappa shape index (κ1) is 14.4. The molecule has 2 rings (SSSR count). The van der Waals surface area contributed by atoms with Crippen molar-refractivity contribution in [3.05, 3.63) is 35.1 Å². The number of halogens is 3. The predicted octanol–water partition coefficient (Wildman–Crippen LogP) is 5.57. The molecule has 19 heavy (non-hydrogen) atoms. The average Bonchev–Trinajstić information content (AvgIpc) is 2.44. The maximum atomic E-state index is 13.7. The zero-order chi connectivity index (χ0) is 13.8. The molecule has 0 unspecified atom stereocenters. The van der Waals surface area contributed by atoms with Crippen LogP contribution in [0.15, 0.2) is 12.1 Å². The molecule has 3 heteroatoms. The third kappa shape index (κ3) is 3.31. The third-order valence-corrected chi connectivity index (χ3v) is 4.32. The Bertz CT molecular complexity index is 420. The smallest absolute Gasteiger partial charge is 0.194 e. The van der Waals surface area contributed by atoms with Crippen molar-refractivity contribution in [1.29, 1.82) is 0 Å². The first-order chi connectivity index (χ1) is 9.13. The molecule has 106 valence electrons. The molecule has 1 fully saturated rings. The lowest BCUT2D eigenvalue weighted by atomic mass is 9.77. The molecule has 1 saturated carbocycles. The van der Waals surface area contributed by atoms with Crippen LogP contribution in [0.2, 0.25) is 0 Å². The summed E-state index contributed by atoms with van der Waals surface area (Å²) in [6, 6.07) is 2.45. The third-order valence-electron chi connectivity index (χ3n) is 4.32. The Morgan fingerprint density at radius 3 is 2.32 bits per heavy atom. The van der Waals surface area contributed by atoms with Crippen LogP contribution in [0.1, 0.15) is 63.4 Å². The van der Waals surface area contributed by atoms with Crippen molar-refractivity contribution in [3.8, 4) is 0 Å². The highest BCUT2D eigenvalue weighted by atomic mass is 19.2. The van der Waals surface area contributed by atoms with E-state index < -0.39 is 17.5 Å². The molecule has 0 atom stereocenters. The summed E-state index contributed by atoms with van der Waals surface area (Å²) >= 11 is 0. The van der Waals surface area contributed by atoms with Crippen LogP contribution >= 0.6 is 0 Å². The molecular weight excluding hydrogens is 249 g/mol. The van der Waals surface area contributed by atoms with E-state index in [4.69, 9.17) is 0 Å². The van der Waals surface area contributed by atoms with Crippen molar-refractivity contribution in [2.24, 2.45) is 5.92 Å². The standard InChI is InChI=1S/C16H21F3/c1-2-3-4-11-5-7-12(8-6-11)13-9-10-14(17)16(19)15(13)18/h9-12H,2-8H2,1H3. The summed E-state index contributed by atoms with van der Waals surface area (Å²) in [6.45, 7) is 2.18. The fraction of sp³-hybridized carbons (Fsp3) is 0.625. The van der Waals surface area contributed by atoms with Gasteiger partial charge in [-0.3, -0.25) is 0 Å². The average molecular weight is 270 g/mol. The topological polar surface area (TPSA) is 0 Å². The van der Waals surface area contributed by atoms with Crippen LogP contribution in [0.5, 0.6) is 0 Å². The summed E-state index contributed by atoms with van der Waals surface area (Å²) in [5, 5.41) is 0. The number of hydrogen-bond acceptors (Lipinski definition) is 0. The van der Waals surface area contributed by atoms with Crippen LogP contribution < -0.4 is 0 Å². The van der Waals surface area contributed by atoms with Crippen molar-refractivity contribution in [2.45, 2.75) is 57.8 Å². The highest BCUT2D eigenvalue weighted by molar-refractivity contribution is 5.24. The van der Waals surface area contributed by atoms with Gasteiger partial charge in [0, 0.05) is 0 Å². The van der Waals surface area contributed by atoms with Crippen LogP contribution in [0.25, 0.3) is 0 Å². The number of hydrogen-bond donors (Lipinski definition) is 0. The minimum absolute atomic E-state index is 0.0491. The highest BCUT2D eigenvalue weighted by Gasteiger charge is 2.26. The molecule has 0 heterocycles. The highest BCUT2D eigenvalue weighted by Crippen LogP contribution is 2.39. The maximum Gasteiger partial charge on any atom is 0.194 e. The van der Waals surface area contributed by atoms with Crippen LogP contribution in [-0.4, -0.2) is 0 Å². The number of benzene rings is 1. The van der Waals surface area contributed by atoms with Gasteiger partial charge in [0.25, 0.3) is 0 Å². The van der Waals surface area contributed by atoms with Crippen molar-refractivity contribution in [3.63, 3.8) is 0 Å². The largest absolute Gasteiger partial charge is 0.204 e. The van der Waals surface area contributed by atoms with Crippen molar-refractivity contribution in [2.75, 3.05) is 0 Å². The normalized spacial score (nSPS) is 23.6. The van der Waals surface area contributed by atoms with E-state index in [9.17, 15) is 13.2 Å². The first-order valence-corrected chi connectivity index (χ1v) is 7.26. The molecule has 1 aliphatic rings. The number of unbranched alkanes of at least 4 members (excludes halogenated alkanes) is 1. The van der Waals surface area contributed by atoms with Gasteiger partial charge in [-0.15, -0.1) is 0 Å². The monoisotopic (exact) mass is 270 g/mol. The molecule has 0 N–H and O–H groups in total. The van der Waals surface area contributed by atoms with Crippen LogP contribution in [0.3, 0.4) is 0 Å². The summed E-state index contributed by atoms with van der Waals surface area (Å²) in [6.07, 6.45) is 7.61. The fourth-order valence-corrected chi connectivity index (χ4v) is 3.11. The van der Waals surface area contributed by atoms with E-state index in [1.807, 2.05) is 0 Å². The molecule has 0 amide bonds. The summed E-state index contributed by atoms with van der Waals surface area (Å²) in [5.74, 6) is -2.64. The second kappa shape index (κ2) is 6.44. The molecule has 1 aromatic carbocycles. The Hall–Kier alpha value is -0.990. The minimum Gasteiger partial charge on any atom is -0.204 e. The van der Waals surface area contributed by atoms with Crippen LogP contribution in [0, 0.1) is 23.4 Å². The van der Waals surface area contributed by atoms with Gasteiger partial charge >= 0.3 is 0 Å². The van der Waals surface area contributed by atoms with Gasteiger partial charge < -0.3 is 0 Å². The van der Waals surface area contributed by atoms with Gasteiger partial charge in [-0.05, 0) is 49.1 Å². The molecule has 1 aliphatic carbocycles. The SMILES string of the molecule is CCCCC1CCC(c2ccc(F)c(F)c2F)CC1. The first-order valence-electron chi connectivity index (χ1n) is 7.26. The lowest BCUT2D eigenvalue weighted by molar-refractivity contribution is 0.298. The zero-order valence-corrected chi connectivity index (χ0v) is 11.4. The van der Waals surface area contributed by atoms with E-state index >= 15 is 0 Å². The molecule has 1 aromatic rings. The van der Waals surface area contributed by atoms with E-state index in [0.29, 0.717) is 5.56 Å². The maximum absolute atomic E-state index is 13.7. The van der Waals surface area contributed by atoms with Gasteiger partial charge in [-0.2, -0.15) is 0 Å². The molecule has 0 bridgehead atoms. The lowest BCUT2D eigenvalue weighted by Crippen LogP contribution is -2.15.